The van der Waals surface area contributed by atoms with E-state index in [2.05, 4.69) is 15.0 Å². The van der Waals surface area contributed by atoms with E-state index < -0.39 is 23.9 Å². The summed E-state index contributed by atoms with van der Waals surface area (Å²) in [5, 5.41) is 11.3. The number of hydrogen-bond donors (Lipinski definition) is 2. The lowest BCUT2D eigenvalue weighted by Gasteiger charge is -2.14. The van der Waals surface area contributed by atoms with Crippen molar-refractivity contribution in [3.05, 3.63) is 29.0 Å². The van der Waals surface area contributed by atoms with Crippen molar-refractivity contribution in [2.45, 2.75) is 18.9 Å². The first-order valence-electron chi connectivity index (χ1n) is 5.66. The van der Waals surface area contributed by atoms with Crippen molar-refractivity contribution >= 4 is 29.4 Å². The van der Waals surface area contributed by atoms with Crippen LogP contribution in [0.3, 0.4) is 0 Å². The maximum absolute atomic E-state index is 11.9. The van der Waals surface area contributed by atoms with E-state index in [0.717, 1.165) is 0 Å². The monoisotopic (exact) mass is 300 g/mol. The molecule has 8 heteroatoms. The highest BCUT2D eigenvalue weighted by Crippen LogP contribution is 2.12. The molecule has 0 aromatic carbocycles. The van der Waals surface area contributed by atoms with Crippen LogP contribution in [0.4, 0.5) is 0 Å². The first-order chi connectivity index (χ1) is 9.45. The van der Waals surface area contributed by atoms with Crippen LogP contribution in [0.15, 0.2) is 18.3 Å². The molecule has 0 aliphatic rings. The van der Waals surface area contributed by atoms with E-state index in [0.29, 0.717) is 0 Å². The van der Waals surface area contributed by atoms with Crippen molar-refractivity contribution in [1.29, 1.82) is 0 Å². The Balaban J connectivity index is 2.71. The van der Waals surface area contributed by atoms with Crippen molar-refractivity contribution in [3.63, 3.8) is 0 Å². The Hall–Kier alpha value is -2.15. The molecule has 20 heavy (non-hydrogen) atoms. The molecule has 1 aromatic rings. The fraction of sp³-hybridized carbons (Fsp3) is 0.333. The van der Waals surface area contributed by atoms with Gasteiger partial charge in [0.2, 0.25) is 0 Å². The van der Waals surface area contributed by atoms with Gasteiger partial charge < -0.3 is 15.2 Å². The fourth-order valence-corrected chi connectivity index (χ4v) is 1.62. The zero-order valence-electron chi connectivity index (χ0n) is 10.6. The van der Waals surface area contributed by atoms with Gasteiger partial charge in [0.25, 0.3) is 5.91 Å². The number of amides is 1. The number of rotatable bonds is 6. The summed E-state index contributed by atoms with van der Waals surface area (Å²) in [7, 11) is 1.20. The molecular weight excluding hydrogens is 288 g/mol. The Morgan fingerprint density at radius 2 is 2.20 bits per heavy atom. The number of hydrogen-bond acceptors (Lipinski definition) is 5. The Bertz CT molecular complexity index is 520. The number of pyridine rings is 1. The van der Waals surface area contributed by atoms with Gasteiger partial charge in [0.1, 0.15) is 11.2 Å². The third kappa shape index (κ3) is 4.51. The number of nitrogens with one attached hydrogen (secondary N) is 1. The number of aromatic nitrogens is 1. The van der Waals surface area contributed by atoms with Gasteiger partial charge in [-0.25, -0.2) is 9.78 Å². The van der Waals surface area contributed by atoms with Crippen LogP contribution in [0.2, 0.25) is 5.15 Å². The van der Waals surface area contributed by atoms with E-state index in [-0.39, 0.29) is 23.6 Å². The molecule has 108 valence electrons. The molecule has 0 radical (unpaired) electrons. The summed E-state index contributed by atoms with van der Waals surface area (Å²) in [6, 6.07) is 1.72. The molecule has 1 amide bonds. The number of halogens is 1. The molecule has 1 atom stereocenters. The number of ether oxygens (including phenoxy) is 1. The molecule has 0 aliphatic carbocycles. The Morgan fingerprint density at radius 1 is 1.50 bits per heavy atom. The van der Waals surface area contributed by atoms with Gasteiger partial charge in [0.15, 0.2) is 0 Å². The summed E-state index contributed by atoms with van der Waals surface area (Å²) in [5.74, 6) is -2.47. The van der Waals surface area contributed by atoms with Gasteiger partial charge in [0, 0.05) is 12.6 Å². The van der Waals surface area contributed by atoms with Crippen LogP contribution in [-0.2, 0) is 14.3 Å². The van der Waals surface area contributed by atoms with Gasteiger partial charge in [-0.2, -0.15) is 0 Å². The number of nitrogens with zero attached hydrogens (tertiary/aromatic N) is 1. The molecule has 0 aliphatic heterocycles. The van der Waals surface area contributed by atoms with Crippen LogP contribution in [0.1, 0.15) is 23.2 Å². The molecule has 1 aromatic heterocycles. The SMILES string of the molecule is COC(=O)CC[C@H](NC(=O)c1cccnc1Cl)C(=O)O. The maximum atomic E-state index is 11.9. The molecule has 7 nitrogen and oxygen atoms in total. The van der Waals surface area contributed by atoms with E-state index in [1.165, 1.54) is 25.4 Å². The van der Waals surface area contributed by atoms with Crippen LogP contribution in [0.25, 0.3) is 0 Å². The van der Waals surface area contributed by atoms with Crippen molar-refractivity contribution in [3.8, 4) is 0 Å². The summed E-state index contributed by atoms with van der Waals surface area (Å²) >= 11 is 5.74. The average Bonchev–Trinajstić information content (AvgIpc) is 2.42. The quantitative estimate of drug-likeness (QED) is 0.596. The lowest BCUT2D eigenvalue weighted by atomic mass is 10.1. The lowest BCUT2D eigenvalue weighted by molar-refractivity contribution is -0.142. The molecule has 0 saturated heterocycles. The third-order valence-corrected chi connectivity index (χ3v) is 2.77. The number of carbonyl (C=O) groups is 3. The summed E-state index contributed by atoms with van der Waals surface area (Å²) in [5.41, 5.74) is 0.0680. The van der Waals surface area contributed by atoms with Crippen LogP contribution in [-0.4, -0.2) is 41.1 Å². The van der Waals surface area contributed by atoms with Crippen LogP contribution in [0, 0.1) is 0 Å². The van der Waals surface area contributed by atoms with E-state index in [1.54, 1.807) is 0 Å². The average molecular weight is 301 g/mol. The highest BCUT2D eigenvalue weighted by Gasteiger charge is 2.23. The molecule has 0 spiro atoms. The second-order valence-electron chi connectivity index (χ2n) is 3.82. The van der Waals surface area contributed by atoms with Gasteiger partial charge in [-0.05, 0) is 18.6 Å². The van der Waals surface area contributed by atoms with Crippen LogP contribution < -0.4 is 5.32 Å². The smallest absolute Gasteiger partial charge is 0.326 e. The molecule has 0 fully saturated rings. The van der Waals surface area contributed by atoms with Crippen LogP contribution in [0.5, 0.6) is 0 Å². The van der Waals surface area contributed by atoms with Gasteiger partial charge in [0.05, 0.1) is 12.7 Å². The van der Waals surface area contributed by atoms with Gasteiger partial charge in [-0.1, -0.05) is 11.6 Å². The summed E-state index contributed by atoms with van der Waals surface area (Å²) in [6.07, 6.45) is 1.21. The first kappa shape index (κ1) is 15.9. The van der Waals surface area contributed by atoms with Crippen molar-refractivity contribution in [2.75, 3.05) is 7.11 Å². The van der Waals surface area contributed by atoms with Gasteiger partial charge in [-0.15, -0.1) is 0 Å². The molecule has 0 unspecified atom stereocenters. The highest BCUT2D eigenvalue weighted by atomic mass is 35.5. The minimum atomic E-state index is -1.25. The Labute approximate surface area is 119 Å². The zero-order chi connectivity index (χ0) is 15.1. The summed E-state index contributed by atoms with van der Waals surface area (Å²) in [4.78, 5) is 37.6. The van der Waals surface area contributed by atoms with Crippen LogP contribution >= 0.6 is 11.6 Å². The first-order valence-corrected chi connectivity index (χ1v) is 6.04. The van der Waals surface area contributed by atoms with E-state index in [1.807, 2.05) is 0 Å². The highest BCUT2D eigenvalue weighted by molar-refractivity contribution is 6.32. The second-order valence-corrected chi connectivity index (χ2v) is 4.18. The van der Waals surface area contributed by atoms with Crippen molar-refractivity contribution < 1.29 is 24.2 Å². The standard InChI is InChI=1S/C12H13ClN2O5/c1-20-9(16)5-4-8(12(18)19)15-11(17)7-3-2-6-14-10(7)13/h2-3,6,8H,4-5H2,1H3,(H,15,17)(H,18,19)/t8-/m0/s1. The molecule has 2 N–H and O–H groups in total. The Kier molecular flexibility index (Phi) is 5.92. The van der Waals surface area contributed by atoms with Crippen molar-refractivity contribution in [2.24, 2.45) is 0 Å². The molecule has 0 saturated carbocycles. The summed E-state index contributed by atoms with van der Waals surface area (Å²) < 4.78 is 4.41. The Morgan fingerprint density at radius 3 is 2.75 bits per heavy atom. The topological polar surface area (TPSA) is 106 Å². The van der Waals surface area contributed by atoms with E-state index >= 15 is 0 Å². The normalized spacial score (nSPS) is 11.5. The maximum Gasteiger partial charge on any atom is 0.326 e. The predicted molar refractivity (Wildman–Crippen MR) is 69.4 cm³/mol. The number of esters is 1. The van der Waals surface area contributed by atoms with E-state index in [9.17, 15) is 14.4 Å². The zero-order valence-corrected chi connectivity index (χ0v) is 11.4. The molecular formula is C12H13ClN2O5. The molecule has 0 bridgehead atoms. The number of methoxy groups -OCH3 is 1. The predicted octanol–water partition coefficient (Wildman–Crippen LogP) is 0.871. The third-order valence-electron chi connectivity index (χ3n) is 2.47. The minimum absolute atomic E-state index is 0.0258. The number of carboxylic acid groups (broad SMARTS) is 1. The summed E-state index contributed by atoms with van der Waals surface area (Å²) in [6.45, 7) is 0. The lowest BCUT2D eigenvalue weighted by Crippen LogP contribution is -2.41. The van der Waals surface area contributed by atoms with Crippen molar-refractivity contribution in [1.82, 2.24) is 10.3 Å². The molecule has 1 heterocycles. The largest absolute Gasteiger partial charge is 0.480 e. The minimum Gasteiger partial charge on any atom is -0.480 e. The second kappa shape index (κ2) is 7.44. The number of carbonyl (C=O) groups excluding carboxylic acids is 2. The van der Waals surface area contributed by atoms with Gasteiger partial charge >= 0.3 is 11.9 Å². The van der Waals surface area contributed by atoms with Gasteiger partial charge in [-0.3, -0.25) is 9.59 Å². The number of carboxylic acids is 1. The molecule has 1 rings (SSSR count). The number of aliphatic carboxylic acids is 1. The van der Waals surface area contributed by atoms with E-state index in [4.69, 9.17) is 16.7 Å². The fourth-order valence-electron chi connectivity index (χ4n) is 1.41.